The topological polar surface area (TPSA) is 74.6 Å². The number of benzene rings is 1. The van der Waals surface area contributed by atoms with Gasteiger partial charge in [0.1, 0.15) is 0 Å². The summed E-state index contributed by atoms with van der Waals surface area (Å²) in [6.45, 7) is 0.544. The molecule has 0 spiro atoms. The number of amides is 2. The van der Waals surface area contributed by atoms with Crippen LogP contribution in [0, 0.1) is 0 Å². The zero-order valence-corrected chi connectivity index (χ0v) is 15.2. The Morgan fingerprint density at radius 3 is 2.46 bits per heavy atom. The molecule has 0 radical (unpaired) electrons. The van der Waals surface area contributed by atoms with Gasteiger partial charge in [-0.2, -0.15) is 0 Å². The van der Waals surface area contributed by atoms with E-state index in [1.54, 1.807) is 6.07 Å². The van der Waals surface area contributed by atoms with Crippen LogP contribution in [0.15, 0.2) is 51.6 Å². The second kappa shape index (κ2) is 8.65. The van der Waals surface area contributed by atoms with Crippen molar-refractivity contribution in [2.75, 3.05) is 27.2 Å². The molecule has 2 N–H and O–H groups in total. The van der Waals surface area contributed by atoms with Crippen molar-refractivity contribution in [1.82, 2.24) is 15.5 Å². The van der Waals surface area contributed by atoms with Crippen molar-refractivity contribution in [2.45, 2.75) is 6.04 Å². The molecule has 6 nitrogen and oxygen atoms in total. The third-order valence-corrected chi connectivity index (χ3v) is 3.72. The number of halogens is 1. The van der Waals surface area contributed by atoms with Gasteiger partial charge in [0.05, 0.1) is 12.6 Å². The summed E-state index contributed by atoms with van der Waals surface area (Å²) >= 11 is 3.13. The number of hydrogen-bond acceptors (Lipinski definition) is 4. The first-order valence-electron chi connectivity index (χ1n) is 7.48. The van der Waals surface area contributed by atoms with Gasteiger partial charge in [0.2, 0.25) is 5.91 Å². The minimum absolute atomic E-state index is 0.117. The van der Waals surface area contributed by atoms with Crippen LogP contribution in [0.25, 0.3) is 0 Å². The molecule has 2 amide bonds. The van der Waals surface area contributed by atoms with Gasteiger partial charge in [-0.3, -0.25) is 9.59 Å². The average Bonchev–Trinajstić information content (AvgIpc) is 2.99. The molecule has 0 saturated carbocycles. The number of carbonyl (C=O) groups excluding carboxylic acids is 2. The third-order valence-electron chi connectivity index (χ3n) is 3.29. The molecule has 0 aliphatic rings. The number of hydrogen-bond donors (Lipinski definition) is 2. The lowest BCUT2D eigenvalue weighted by Crippen LogP contribution is -2.41. The lowest BCUT2D eigenvalue weighted by atomic mass is 10.1. The van der Waals surface area contributed by atoms with Crippen molar-refractivity contribution in [3.05, 3.63) is 58.5 Å². The second-order valence-electron chi connectivity index (χ2n) is 5.58. The Bertz CT molecular complexity index is 685. The molecule has 0 saturated heterocycles. The van der Waals surface area contributed by atoms with Crippen LogP contribution in [0.5, 0.6) is 0 Å². The summed E-state index contributed by atoms with van der Waals surface area (Å²) in [4.78, 5) is 26.0. The first-order valence-corrected chi connectivity index (χ1v) is 8.27. The van der Waals surface area contributed by atoms with E-state index in [4.69, 9.17) is 4.42 Å². The van der Waals surface area contributed by atoms with Crippen molar-refractivity contribution in [3.8, 4) is 0 Å². The molecule has 2 aromatic rings. The van der Waals surface area contributed by atoms with Crippen molar-refractivity contribution < 1.29 is 14.0 Å². The van der Waals surface area contributed by atoms with Crippen LogP contribution >= 0.6 is 15.9 Å². The number of nitrogens with one attached hydrogen (secondary N) is 2. The molecule has 1 atom stereocenters. The van der Waals surface area contributed by atoms with Gasteiger partial charge >= 0.3 is 0 Å². The van der Waals surface area contributed by atoms with Crippen LogP contribution in [0.4, 0.5) is 0 Å². The molecular formula is C17H20BrN3O3. The molecule has 0 unspecified atom stereocenters. The van der Waals surface area contributed by atoms with Gasteiger partial charge in [-0.25, -0.2) is 0 Å². The monoisotopic (exact) mass is 393 g/mol. The van der Waals surface area contributed by atoms with Gasteiger partial charge in [-0.05, 0) is 47.7 Å². The Kier molecular flexibility index (Phi) is 6.57. The second-order valence-corrected chi connectivity index (χ2v) is 6.36. The minimum Gasteiger partial charge on any atom is -0.444 e. The summed E-state index contributed by atoms with van der Waals surface area (Å²) in [5.74, 6) is -0.535. The Balaban J connectivity index is 1.91. The van der Waals surface area contributed by atoms with Crippen LogP contribution in [0.1, 0.15) is 22.2 Å². The molecular weight excluding hydrogens is 374 g/mol. The zero-order valence-electron chi connectivity index (χ0n) is 13.6. The van der Waals surface area contributed by atoms with E-state index < -0.39 is 5.91 Å². The molecule has 128 valence electrons. The molecule has 24 heavy (non-hydrogen) atoms. The van der Waals surface area contributed by atoms with Crippen molar-refractivity contribution >= 4 is 27.7 Å². The van der Waals surface area contributed by atoms with Gasteiger partial charge in [-0.1, -0.05) is 30.3 Å². The number of likely N-dealkylation sites (N-methyl/N-ethyl adjacent to an activating group) is 1. The first kappa shape index (κ1) is 18.2. The van der Waals surface area contributed by atoms with Crippen molar-refractivity contribution in [1.29, 1.82) is 0 Å². The average molecular weight is 394 g/mol. The van der Waals surface area contributed by atoms with Crippen LogP contribution in [0.2, 0.25) is 0 Å². The lowest BCUT2D eigenvalue weighted by molar-refractivity contribution is -0.121. The summed E-state index contributed by atoms with van der Waals surface area (Å²) in [6, 6.07) is 12.7. The molecule has 0 aliphatic carbocycles. The van der Waals surface area contributed by atoms with E-state index in [1.807, 2.05) is 49.3 Å². The minimum atomic E-state index is -0.431. The summed E-state index contributed by atoms with van der Waals surface area (Å²) in [5.41, 5.74) is 1.01. The molecule has 1 aromatic heterocycles. The van der Waals surface area contributed by atoms with Gasteiger partial charge in [0, 0.05) is 6.54 Å². The van der Waals surface area contributed by atoms with E-state index in [-0.39, 0.29) is 24.3 Å². The summed E-state index contributed by atoms with van der Waals surface area (Å²) < 4.78 is 5.61. The zero-order chi connectivity index (χ0) is 17.5. The summed E-state index contributed by atoms with van der Waals surface area (Å²) in [5, 5.41) is 5.48. The summed E-state index contributed by atoms with van der Waals surface area (Å²) in [7, 11) is 3.89. The van der Waals surface area contributed by atoms with Crippen LogP contribution < -0.4 is 10.6 Å². The predicted octanol–water partition coefficient (Wildman–Crippen LogP) is 2.19. The van der Waals surface area contributed by atoms with Gasteiger partial charge in [-0.15, -0.1) is 0 Å². The van der Waals surface area contributed by atoms with E-state index in [2.05, 4.69) is 26.6 Å². The van der Waals surface area contributed by atoms with Gasteiger partial charge in [0.15, 0.2) is 10.4 Å². The standard InChI is InChI=1S/C17H20BrN3O3/c1-21(2)11-13(12-6-4-3-5-7-12)20-16(22)10-19-17(23)14-8-9-15(18)24-14/h3-9,13H,10-11H2,1-2H3,(H,19,23)(H,20,22)/t13-/m1/s1. The Morgan fingerprint density at radius 2 is 1.88 bits per heavy atom. The van der Waals surface area contributed by atoms with Crippen molar-refractivity contribution in [2.24, 2.45) is 0 Å². The highest BCUT2D eigenvalue weighted by Gasteiger charge is 2.17. The van der Waals surface area contributed by atoms with E-state index in [0.717, 1.165) is 5.56 Å². The van der Waals surface area contributed by atoms with Gasteiger partial charge in [0.25, 0.3) is 5.91 Å². The normalized spacial score (nSPS) is 12.0. The largest absolute Gasteiger partial charge is 0.444 e. The molecule has 2 rings (SSSR count). The molecule has 0 aliphatic heterocycles. The van der Waals surface area contributed by atoms with Gasteiger partial charge < -0.3 is 20.0 Å². The molecule has 1 aromatic carbocycles. The Hall–Kier alpha value is -2.12. The molecule has 1 heterocycles. The maximum absolute atomic E-state index is 12.2. The lowest BCUT2D eigenvalue weighted by Gasteiger charge is -2.23. The highest BCUT2D eigenvalue weighted by atomic mass is 79.9. The van der Waals surface area contributed by atoms with E-state index in [9.17, 15) is 9.59 Å². The molecule has 7 heteroatoms. The molecule has 0 bridgehead atoms. The number of rotatable bonds is 7. The van der Waals surface area contributed by atoms with Crippen molar-refractivity contribution in [3.63, 3.8) is 0 Å². The van der Waals surface area contributed by atoms with E-state index >= 15 is 0 Å². The highest BCUT2D eigenvalue weighted by molar-refractivity contribution is 9.10. The fourth-order valence-electron chi connectivity index (χ4n) is 2.21. The SMILES string of the molecule is CN(C)C[C@@H](NC(=O)CNC(=O)c1ccc(Br)o1)c1ccccc1. The van der Waals surface area contributed by atoms with E-state index in [0.29, 0.717) is 11.2 Å². The Morgan fingerprint density at radius 1 is 1.17 bits per heavy atom. The van der Waals surface area contributed by atoms with Crippen LogP contribution in [-0.2, 0) is 4.79 Å². The number of carbonyl (C=O) groups is 2. The van der Waals surface area contributed by atoms with Crippen LogP contribution in [-0.4, -0.2) is 43.9 Å². The Labute approximate surface area is 149 Å². The molecule has 0 fully saturated rings. The number of furan rings is 1. The highest BCUT2D eigenvalue weighted by Crippen LogP contribution is 2.14. The van der Waals surface area contributed by atoms with E-state index in [1.165, 1.54) is 6.07 Å². The smallest absolute Gasteiger partial charge is 0.287 e. The predicted molar refractivity (Wildman–Crippen MR) is 94.6 cm³/mol. The van der Waals surface area contributed by atoms with Crippen LogP contribution in [0.3, 0.4) is 0 Å². The first-order chi connectivity index (χ1) is 11.5. The quantitative estimate of drug-likeness (QED) is 0.755. The summed E-state index contributed by atoms with van der Waals surface area (Å²) in [6.07, 6.45) is 0. The maximum Gasteiger partial charge on any atom is 0.287 e. The third kappa shape index (κ3) is 5.50. The fourth-order valence-corrected chi connectivity index (χ4v) is 2.52. The fraction of sp³-hybridized carbons (Fsp3) is 0.294. The number of nitrogens with zero attached hydrogens (tertiary/aromatic N) is 1. The maximum atomic E-state index is 12.2.